The molecule has 0 atom stereocenters. The molecule has 1 aromatic carbocycles. The first-order chi connectivity index (χ1) is 14.2. The molecule has 0 aliphatic carbocycles. The van der Waals surface area contributed by atoms with E-state index in [0.717, 1.165) is 18.4 Å². The number of nitrogens with one attached hydrogen (secondary N) is 2. The van der Waals surface area contributed by atoms with Crippen molar-refractivity contribution in [2.24, 2.45) is 0 Å². The molecule has 1 aromatic heterocycles. The summed E-state index contributed by atoms with van der Waals surface area (Å²) >= 11 is 0. The van der Waals surface area contributed by atoms with Gasteiger partial charge in [0.2, 0.25) is 0 Å². The molecule has 4 rings (SSSR count). The second kappa shape index (κ2) is 8.89. The highest BCUT2D eigenvalue weighted by Gasteiger charge is 2.24. The summed E-state index contributed by atoms with van der Waals surface area (Å²) in [5.41, 5.74) is 2.50. The molecule has 0 unspecified atom stereocenters. The fourth-order valence-corrected chi connectivity index (χ4v) is 3.61. The van der Waals surface area contributed by atoms with Crippen LogP contribution in [0.2, 0.25) is 0 Å². The van der Waals surface area contributed by atoms with Gasteiger partial charge in [0.05, 0.1) is 6.61 Å². The quantitative estimate of drug-likeness (QED) is 0.742. The highest BCUT2D eigenvalue weighted by atomic mass is 16.6. The van der Waals surface area contributed by atoms with Crippen LogP contribution in [-0.2, 0) is 24.0 Å². The number of ether oxygens (including phenoxy) is 1. The predicted octanol–water partition coefficient (Wildman–Crippen LogP) is 1.80. The molecule has 3 heterocycles. The first-order valence-corrected chi connectivity index (χ1v) is 10.1. The van der Waals surface area contributed by atoms with Crippen molar-refractivity contribution in [1.29, 1.82) is 0 Å². The molecule has 29 heavy (non-hydrogen) atoms. The molecule has 8 heteroatoms. The van der Waals surface area contributed by atoms with Crippen molar-refractivity contribution < 1.29 is 14.3 Å². The molecule has 0 saturated carbocycles. The summed E-state index contributed by atoms with van der Waals surface area (Å²) in [6.45, 7) is 2.84. The third-order valence-corrected chi connectivity index (χ3v) is 5.14. The number of nitrogens with zero attached hydrogens (tertiary/aromatic N) is 3. The van der Waals surface area contributed by atoms with Gasteiger partial charge in [-0.2, -0.15) is 0 Å². The van der Waals surface area contributed by atoms with Crippen LogP contribution in [0, 0.1) is 0 Å². The first kappa shape index (κ1) is 19.2. The minimum atomic E-state index is -0.273. The van der Waals surface area contributed by atoms with Gasteiger partial charge in [-0.25, -0.2) is 14.8 Å². The van der Waals surface area contributed by atoms with Crippen molar-refractivity contribution in [1.82, 2.24) is 20.2 Å². The Kier molecular flexibility index (Phi) is 5.88. The largest absolute Gasteiger partial charge is 0.449 e. The SMILES string of the molecule is O=C1NCCc2c(NCCN3CCCOC3=O)nc(CCc3ccccc3)nc21. The van der Waals surface area contributed by atoms with Gasteiger partial charge in [-0.1, -0.05) is 30.3 Å². The Bertz CT molecular complexity index is 887. The Hall–Kier alpha value is -3.16. The van der Waals surface area contributed by atoms with E-state index in [0.29, 0.717) is 63.0 Å². The number of rotatable bonds is 7. The van der Waals surface area contributed by atoms with Gasteiger partial charge >= 0.3 is 6.09 Å². The lowest BCUT2D eigenvalue weighted by molar-refractivity contribution is 0.0746. The maximum absolute atomic E-state index is 12.3. The number of hydrogen-bond donors (Lipinski definition) is 2. The number of benzene rings is 1. The lowest BCUT2D eigenvalue weighted by atomic mass is 10.1. The number of amides is 2. The van der Waals surface area contributed by atoms with Crippen LogP contribution in [0.5, 0.6) is 0 Å². The summed E-state index contributed by atoms with van der Waals surface area (Å²) in [6, 6.07) is 10.2. The Labute approximate surface area is 169 Å². The highest BCUT2D eigenvalue weighted by Crippen LogP contribution is 2.21. The molecule has 0 bridgehead atoms. The standard InChI is InChI=1S/C21H25N5O3/c27-20-18-16(9-10-23-20)19(22-11-13-26-12-4-14-29-21(26)28)25-17(24-18)8-7-15-5-2-1-3-6-15/h1-3,5-6H,4,7-14H2,(H,23,27)(H,22,24,25). The zero-order valence-corrected chi connectivity index (χ0v) is 16.3. The maximum atomic E-state index is 12.3. The molecule has 8 nitrogen and oxygen atoms in total. The Balaban J connectivity index is 1.47. The summed E-state index contributed by atoms with van der Waals surface area (Å²) in [6.07, 6.45) is 2.72. The zero-order valence-electron chi connectivity index (χ0n) is 16.3. The van der Waals surface area contributed by atoms with Crippen LogP contribution >= 0.6 is 0 Å². The molecule has 2 N–H and O–H groups in total. The van der Waals surface area contributed by atoms with Crippen LogP contribution in [-0.4, -0.2) is 59.7 Å². The molecule has 0 radical (unpaired) electrons. The zero-order chi connectivity index (χ0) is 20.1. The van der Waals surface area contributed by atoms with Crippen LogP contribution < -0.4 is 10.6 Å². The second-order valence-electron chi connectivity index (χ2n) is 7.19. The number of anilines is 1. The molecule has 2 aromatic rings. The summed E-state index contributed by atoms with van der Waals surface area (Å²) in [4.78, 5) is 35.0. The van der Waals surface area contributed by atoms with Crippen molar-refractivity contribution >= 4 is 17.8 Å². The molecule has 1 fully saturated rings. The van der Waals surface area contributed by atoms with Gasteiger partial charge in [-0.05, 0) is 24.8 Å². The number of hydrogen-bond acceptors (Lipinski definition) is 6. The fourth-order valence-electron chi connectivity index (χ4n) is 3.61. The Morgan fingerprint density at radius 3 is 2.83 bits per heavy atom. The summed E-state index contributed by atoms with van der Waals surface area (Å²) in [7, 11) is 0. The number of fused-ring (bicyclic) bond motifs is 1. The molecule has 2 amide bonds. The minimum Gasteiger partial charge on any atom is -0.449 e. The molecule has 2 aliphatic rings. The number of carbonyl (C=O) groups is 2. The molecule has 0 spiro atoms. The van der Waals surface area contributed by atoms with Crippen LogP contribution in [0.4, 0.5) is 10.6 Å². The summed E-state index contributed by atoms with van der Waals surface area (Å²) in [5.74, 6) is 1.18. The lowest BCUT2D eigenvalue weighted by Gasteiger charge is -2.26. The van der Waals surface area contributed by atoms with E-state index in [1.54, 1.807) is 4.90 Å². The normalized spacial score (nSPS) is 16.1. The van der Waals surface area contributed by atoms with Gasteiger partial charge in [0.1, 0.15) is 17.3 Å². The smallest absolute Gasteiger partial charge is 0.409 e. The molecular weight excluding hydrogens is 370 g/mol. The minimum absolute atomic E-state index is 0.155. The van der Waals surface area contributed by atoms with Crippen LogP contribution in [0.1, 0.15) is 33.9 Å². The highest BCUT2D eigenvalue weighted by molar-refractivity contribution is 5.96. The van der Waals surface area contributed by atoms with Gasteiger partial charge in [-0.3, -0.25) is 4.79 Å². The van der Waals surface area contributed by atoms with Gasteiger partial charge in [0.15, 0.2) is 0 Å². The van der Waals surface area contributed by atoms with Crippen molar-refractivity contribution in [2.45, 2.75) is 25.7 Å². The average molecular weight is 395 g/mol. The van der Waals surface area contributed by atoms with Crippen LogP contribution in [0.3, 0.4) is 0 Å². The predicted molar refractivity (Wildman–Crippen MR) is 108 cm³/mol. The van der Waals surface area contributed by atoms with Crippen molar-refractivity contribution in [3.63, 3.8) is 0 Å². The third-order valence-electron chi connectivity index (χ3n) is 5.14. The van der Waals surface area contributed by atoms with Gasteiger partial charge in [0.25, 0.3) is 5.91 Å². The van der Waals surface area contributed by atoms with E-state index < -0.39 is 0 Å². The van der Waals surface area contributed by atoms with E-state index in [1.165, 1.54) is 5.56 Å². The summed E-state index contributed by atoms with van der Waals surface area (Å²) < 4.78 is 5.07. The maximum Gasteiger partial charge on any atom is 0.409 e. The second-order valence-corrected chi connectivity index (χ2v) is 7.19. The van der Waals surface area contributed by atoms with Crippen molar-refractivity contribution in [3.05, 3.63) is 53.0 Å². The van der Waals surface area contributed by atoms with E-state index in [4.69, 9.17) is 9.72 Å². The summed E-state index contributed by atoms with van der Waals surface area (Å²) in [5, 5.41) is 6.17. The van der Waals surface area contributed by atoms with Gasteiger partial charge in [0, 0.05) is 38.2 Å². The molecule has 2 aliphatic heterocycles. The topological polar surface area (TPSA) is 96.5 Å². The van der Waals surface area contributed by atoms with Crippen LogP contribution in [0.25, 0.3) is 0 Å². The number of aryl methyl sites for hydroxylation is 2. The van der Waals surface area contributed by atoms with E-state index in [1.807, 2.05) is 18.2 Å². The Morgan fingerprint density at radius 2 is 2.00 bits per heavy atom. The van der Waals surface area contributed by atoms with Gasteiger partial charge < -0.3 is 20.3 Å². The van der Waals surface area contributed by atoms with E-state index in [2.05, 4.69) is 27.8 Å². The lowest BCUT2D eigenvalue weighted by Crippen LogP contribution is -2.40. The van der Waals surface area contributed by atoms with E-state index in [-0.39, 0.29) is 12.0 Å². The van der Waals surface area contributed by atoms with E-state index >= 15 is 0 Å². The van der Waals surface area contributed by atoms with Crippen molar-refractivity contribution in [3.8, 4) is 0 Å². The third kappa shape index (κ3) is 4.64. The van der Waals surface area contributed by atoms with Gasteiger partial charge in [-0.15, -0.1) is 0 Å². The molecule has 1 saturated heterocycles. The number of cyclic esters (lactones) is 1. The first-order valence-electron chi connectivity index (χ1n) is 10.1. The molecular formula is C21H25N5O3. The molecule has 152 valence electrons. The van der Waals surface area contributed by atoms with Crippen molar-refractivity contribution in [2.75, 3.05) is 38.1 Å². The number of aromatic nitrogens is 2. The van der Waals surface area contributed by atoms with E-state index in [9.17, 15) is 9.59 Å². The number of carbonyl (C=O) groups excluding carboxylic acids is 2. The van der Waals surface area contributed by atoms with Crippen LogP contribution in [0.15, 0.2) is 30.3 Å². The Morgan fingerprint density at radius 1 is 1.14 bits per heavy atom. The average Bonchev–Trinajstić information content (AvgIpc) is 2.75. The fraction of sp³-hybridized carbons (Fsp3) is 0.429. The monoisotopic (exact) mass is 395 g/mol.